The Balaban J connectivity index is 1.55. The molecule has 0 saturated carbocycles. The molecule has 4 rings (SSSR count). The third kappa shape index (κ3) is 2.97. The van der Waals surface area contributed by atoms with E-state index in [1.54, 1.807) is 47.5 Å². The number of para-hydroxylation sites is 1. The van der Waals surface area contributed by atoms with Crippen LogP contribution in [0.2, 0.25) is 0 Å². The number of nitrogens with zero attached hydrogens (tertiary/aromatic N) is 4. The number of hydrogen-bond donors (Lipinski definition) is 0. The van der Waals surface area contributed by atoms with Crippen LogP contribution in [0.4, 0.5) is 0 Å². The van der Waals surface area contributed by atoms with Gasteiger partial charge in [0.25, 0.3) is 5.91 Å². The standard InChI is InChI=1S/C19H16N4O2S/c1-12(18-21-15-5-3-4-6-16(15)26-18)23(2)19(24)14-9-7-13(8-10-14)17-22-20-11-25-17/h3-12H,1-2H3/t12-/m1/s1. The van der Waals surface area contributed by atoms with Crippen LogP contribution in [0.1, 0.15) is 28.3 Å². The quantitative estimate of drug-likeness (QED) is 0.543. The molecule has 0 fully saturated rings. The Morgan fingerprint density at radius 1 is 1.15 bits per heavy atom. The number of thiazole rings is 1. The summed E-state index contributed by atoms with van der Waals surface area (Å²) in [5, 5.41) is 8.45. The predicted octanol–water partition coefficient (Wildman–Crippen LogP) is 4.18. The number of aromatic nitrogens is 3. The molecule has 1 amide bonds. The number of benzene rings is 2. The molecule has 2 aromatic carbocycles. The molecule has 0 radical (unpaired) electrons. The van der Waals surface area contributed by atoms with Crippen molar-refractivity contribution in [3.8, 4) is 11.5 Å². The molecule has 0 aliphatic heterocycles. The van der Waals surface area contributed by atoms with Crippen LogP contribution in [-0.2, 0) is 0 Å². The van der Waals surface area contributed by atoms with Gasteiger partial charge < -0.3 is 9.32 Å². The van der Waals surface area contributed by atoms with E-state index in [2.05, 4.69) is 15.2 Å². The van der Waals surface area contributed by atoms with Crippen LogP contribution >= 0.6 is 11.3 Å². The molecule has 4 aromatic rings. The molecule has 0 aliphatic carbocycles. The van der Waals surface area contributed by atoms with E-state index in [4.69, 9.17) is 4.42 Å². The maximum atomic E-state index is 12.8. The lowest BCUT2D eigenvalue weighted by atomic mass is 10.1. The Labute approximate surface area is 154 Å². The molecule has 0 bridgehead atoms. The summed E-state index contributed by atoms with van der Waals surface area (Å²) in [7, 11) is 1.80. The molecule has 0 saturated heterocycles. The molecule has 0 spiro atoms. The molecular formula is C19H16N4O2S. The molecule has 0 aliphatic rings. The zero-order valence-corrected chi connectivity index (χ0v) is 15.1. The second-order valence-corrected chi connectivity index (χ2v) is 7.00. The van der Waals surface area contributed by atoms with E-state index in [1.807, 2.05) is 31.2 Å². The lowest BCUT2D eigenvalue weighted by molar-refractivity contribution is 0.0742. The minimum atomic E-state index is -0.115. The molecule has 0 unspecified atom stereocenters. The SMILES string of the molecule is C[C@H](c1nc2ccccc2s1)N(C)C(=O)c1ccc(-c2nnco2)cc1. The van der Waals surface area contributed by atoms with E-state index in [1.165, 1.54) is 6.39 Å². The topological polar surface area (TPSA) is 72.1 Å². The zero-order valence-electron chi connectivity index (χ0n) is 14.3. The van der Waals surface area contributed by atoms with Crippen LogP contribution in [0.5, 0.6) is 0 Å². The van der Waals surface area contributed by atoms with Gasteiger partial charge in [-0.15, -0.1) is 21.5 Å². The van der Waals surface area contributed by atoms with Crippen LogP contribution < -0.4 is 0 Å². The van der Waals surface area contributed by atoms with E-state index in [9.17, 15) is 4.79 Å². The van der Waals surface area contributed by atoms with E-state index < -0.39 is 0 Å². The van der Waals surface area contributed by atoms with Gasteiger partial charge >= 0.3 is 0 Å². The Bertz CT molecular complexity index is 1010. The van der Waals surface area contributed by atoms with Gasteiger partial charge in [-0.1, -0.05) is 12.1 Å². The summed E-state index contributed by atoms with van der Waals surface area (Å²) in [5.41, 5.74) is 2.34. The number of rotatable bonds is 4. The lowest BCUT2D eigenvalue weighted by Gasteiger charge is -2.23. The summed E-state index contributed by atoms with van der Waals surface area (Å²) in [5.74, 6) is 0.369. The molecule has 0 N–H and O–H groups in total. The van der Waals surface area contributed by atoms with Crippen molar-refractivity contribution in [2.45, 2.75) is 13.0 Å². The molecule has 130 valence electrons. The van der Waals surface area contributed by atoms with Gasteiger partial charge in [0.2, 0.25) is 12.3 Å². The highest BCUT2D eigenvalue weighted by atomic mass is 32.1. The van der Waals surface area contributed by atoms with Crippen LogP contribution in [0.15, 0.2) is 59.3 Å². The molecule has 6 nitrogen and oxygen atoms in total. The molecular weight excluding hydrogens is 348 g/mol. The van der Waals surface area contributed by atoms with Gasteiger partial charge in [0.1, 0.15) is 5.01 Å². The molecule has 26 heavy (non-hydrogen) atoms. The molecule has 2 aromatic heterocycles. The first-order valence-corrected chi connectivity index (χ1v) is 8.94. The second-order valence-electron chi connectivity index (χ2n) is 5.93. The second kappa shape index (κ2) is 6.68. The number of carbonyl (C=O) groups excluding carboxylic acids is 1. The largest absolute Gasteiger partial charge is 0.423 e. The van der Waals surface area contributed by atoms with E-state index in [0.717, 1.165) is 20.8 Å². The maximum absolute atomic E-state index is 12.8. The van der Waals surface area contributed by atoms with Crippen molar-refractivity contribution in [2.75, 3.05) is 7.05 Å². The van der Waals surface area contributed by atoms with Crippen LogP contribution in [0, 0.1) is 0 Å². The predicted molar refractivity (Wildman–Crippen MR) is 99.9 cm³/mol. The van der Waals surface area contributed by atoms with Crippen molar-refractivity contribution in [3.63, 3.8) is 0 Å². The first kappa shape index (κ1) is 16.4. The van der Waals surface area contributed by atoms with Crippen LogP contribution in [-0.4, -0.2) is 33.0 Å². The summed E-state index contributed by atoms with van der Waals surface area (Å²) in [4.78, 5) is 19.2. The number of hydrogen-bond acceptors (Lipinski definition) is 6. The first-order chi connectivity index (χ1) is 12.6. The minimum absolute atomic E-state index is 0.0613. The third-order valence-corrected chi connectivity index (χ3v) is 5.51. The van der Waals surface area contributed by atoms with E-state index in [-0.39, 0.29) is 11.9 Å². The van der Waals surface area contributed by atoms with Crippen molar-refractivity contribution in [1.82, 2.24) is 20.1 Å². The van der Waals surface area contributed by atoms with Crippen LogP contribution in [0.25, 0.3) is 21.7 Å². The van der Waals surface area contributed by atoms with E-state index >= 15 is 0 Å². The monoisotopic (exact) mass is 364 g/mol. The Hall–Kier alpha value is -3.06. The number of fused-ring (bicyclic) bond motifs is 1. The Morgan fingerprint density at radius 3 is 2.62 bits per heavy atom. The third-order valence-electron chi connectivity index (χ3n) is 4.31. The summed E-state index contributed by atoms with van der Waals surface area (Å²) < 4.78 is 6.29. The van der Waals surface area contributed by atoms with Crippen molar-refractivity contribution in [2.24, 2.45) is 0 Å². The normalized spacial score (nSPS) is 12.2. The van der Waals surface area contributed by atoms with Gasteiger partial charge in [-0.2, -0.15) is 0 Å². The average molecular weight is 364 g/mol. The van der Waals surface area contributed by atoms with Gasteiger partial charge in [0.15, 0.2) is 0 Å². The van der Waals surface area contributed by atoms with Gasteiger partial charge in [0.05, 0.1) is 16.3 Å². The highest BCUT2D eigenvalue weighted by molar-refractivity contribution is 7.18. The van der Waals surface area contributed by atoms with Gasteiger partial charge in [-0.3, -0.25) is 4.79 Å². The summed E-state index contributed by atoms with van der Waals surface area (Å²) in [6, 6.07) is 15.0. The van der Waals surface area contributed by atoms with Gasteiger partial charge in [0, 0.05) is 18.2 Å². The fraction of sp³-hybridized carbons (Fsp3) is 0.158. The van der Waals surface area contributed by atoms with Crippen molar-refractivity contribution in [1.29, 1.82) is 0 Å². The minimum Gasteiger partial charge on any atom is -0.423 e. The molecule has 1 atom stereocenters. The zero-order chi connectivity index (χ0) is 18.1. The Morgan fingerprint density at radius 2 is 1.92 bits per heavy atom. The summed E-state index contributed by atoms with van der Waals surface area (Å²) >= 11 is 1.61. The van der Waals surface area contributed by atoms with Crippen molar-refractivity contribution in [3.05, 3.63) is 65.5 Å². The fourth-order valence-electron chi connectivity index (χ4n) is 2.67. The van der Waals surface area contributed by atoms with Crippen molar-refractivity contribution >= 4 is 27.5 Å². The first-order valence-electron chi connectivity index (χ1n) is 8.12. The summed E-state index contributed by atoms with van der Waals surface area (Å²) in [6.07, 6.45) is 1.28. The summed E-state index contributed by atoms with van der Waals surface area (Å²) in [6.45, 7) is 1.99. The Kier molecular flexibility index (Phi) is 4.22. The molecule has 7 heteroatoms. The molecule has 2 heterocycles. The number of carbonyl (C=O) groups is 1. The highest BCUT2D eigenvalue weighted by Crippen LogP contribution is 2.29. The van der Waals surface area contributed by atoms with Crippen molar-refractivity contribution < 1.29 is 9.21 Å². The highest BCUT2D eigenvalue weighted by Gasteiger charge is 2.22. The van der Waals surface area contributed by atoms with Crippen LogP contribution in [0.3, 0.4) is 0 Å². The fourth-order valence-corrected chi connectivity index (χ4v) is 3.73. The number of amides is 1. The van der Waals surface area contributed by atoms with Gasteiger partial charge in [-0.05, 0) is 43.3 Å². The average Bonchev–Trinajstić information content (AvgIpc) is 3.36. The van der Waals surface area contributed by atoms with Gasteiger partial charge in [-0.25, -0.2) is 4.98 Å². The maximum Gasteiger partial charge on any atom is 0.254 e. The lowest BCUT2D eigenvalue weighted by Crippen LogP contribution is -2.29. The smallest absolute Gasteiger partial charge is 0.254 e. The van der Waals surface area contributed by atoms with E-state index in [0.29, 0.717) is 11.5 Å².